The number of benzene rings is 1. The minimum Gasteiger partial charge on any atom is -0.508 e. The summed E-state index contributed by atoms with van der Waals surface area (Å²) in [6.07, 6.45) is 0. The van der Waals surface area contributed by atoms with Crippen molar-refractivity contribution in [1.29, 1.82) is 0 Å². The molecule has 5 heteroatoms. The number of rotatable bonds is 2. The van der Waals surface area contributed by atoms with Crippen molar-refractivity contribution in [3.05, 3.63) is 41.2 Å². The highest BCUT2D eigenvalue weighted by atomic mass is 16.4. The van der Waals surface area contributed by atoms with Crippen molar-refractivity contribution in [2.24, 2.45) is 0 Å². The van der Waals surface area contributed by atoms with Crippen LogP contribution in [0.1, 0.15) is 21.7 Å². The van der Waals surface area contributed by atoms with Crippen molar-refractivity contribution >= 4 is 5.97 Å². The standard InChI is InChI=1S/C12H12N2O3/c1-7-11(12(16)17)8(2)14(13-7)9-3-5-10(15)6-4-9/h3-6,15H,1-2H3,(H,16,17). The Morgan fingerprint density at radius 2 is 1.82 bits per heavy atom. The quantitative estimate of drug-likeness (QED) is 0.829. The van der Waals surface area contributed by atoms with Gasteiger partial charge < -0.3 is 10.2 Å². The number of nitrogens with zero attached hydrogens (tertiary/aromatic N) is 2. The summed E-state index contributed by atoms with van der Waals surface area (Å²) >= 11 is 0. The fraction of sp³-hybridized carbons (Fsp3) is 0.167. The molecular formula is C12H12N2O3. The van der Waals surface area contributed by atoms with Gasteiger partial charge >= 0.3 is 5.97 Å². The number of carboxylic acid groups (broad SMARTS) is 1. The molecule has 2 rings (SSSR count). The molecule has 0 saturated carbocycles. The summed E-state index contributed by atoms with van der Waals surface area (Å²) in [6.45, 7) is 3.36. The maximum absolute atomic E-state index is 11.0. The Balaban J connectivity index is 2.57. The van der Waals surface area contributed by atoms with E-state index >= 15 is 0 Å². The Morgan fingerprint density at radius 3 is 2.29 bits per heavy atom. The fourth-order valence-electron chi connectivity index (χ4n) is 1.80. The monoisotopic (exact) mass is 232 g/mol. The third-order valence-corrected chi connectivity index (χ3v) is 2.60. The number of hydrogen-bond donors (Lipinski definition) is 2. The number of aromatic nitrogens is 2. The second kappa shape index (κ2) is 3.93. The Bertz CT molecular complexity index is 570. The Labute approximate surface area is 97.9 Å². The molecular weight excluding hydrogens is 220 g/mol. The Kier molecular flexibility index (Phi) is 2.59. The van der Waals surface area contributed by atoms with Crippen LogP contribution in [0.15, 0.2) is 24.3 Å². The molecule has 88 valence electrons. The van der Waals surface area contributed by atoms with E-state index in [9.17, 15) is 9.90 Å². The third kappa shape index (κ3) is 1.87. The molecule has 0 radical (unpaired) electrons. The van der Waals surface area contributed by atoms with Crippen LogP contribution in [0.2, 0.25) is 0 Å². The van der Waals surface area contributed by atoms with Gasteiger partial charge in [0.25, 0.3) is 0 Å². The van der Waals surface area contributed by atoms with Gasteiger partial charge in [-0.2, -0.15) is 5.10 Å². The van der Waals surface area contributed by atoms with E-state index in [1.807, 2.05) is 0 Å². The zero-order valence-corrected chi connectivity index (χ0v) is 9.51. The van der Waals surface area contributed by atoms with Gasteiger partial charge in [-0.05, 0) is 38.1 Å². The molecule has 0 fully saturated rings. The highest BCUT2D eigenvalue weighted by Gasteiger charge is 2.18. The first-order chi connectivity index (χ1) is 8.00. The number of carbonyl (C=O) groups is 1. The first kappa shape index (κ1) is 11.2. The zero-order chi connectivity index (χ0) is 12.6. The fourth-order valence-corrected chi connectivity index (χ4v) is 1.80. The molecule has 0 saturated heterocycles. The number of carboxylic acids is 1. The minimum absolute atomic E-state index is 0.161. The first-order valence-electron chi connectivity index (χ1n) is 5.09. The van der Waals surface area contributed by atoms with E-state index in [1.165, 1.54) is 12.1 Å². The van der Waals surface area contributed by atoms with Crippen molar-refractivity contribution in [1.82, 2.24) is 9.78 Å². The van der Waals surface area contributed by atoms with Gasteiger partial charge in [0.2, 0.25) is 0 Å². The molecule has 17 heavy (non-hydrogen) atoms. The average molecular weight is 232 g/mol. The molecule has 0 unspecified atom stereocenters. The number of hydrogen-bond acceptors (Lipinski definition) is 3. The first-order valence-corrected chi connectivity index (χ1v) is 5.09. The van der Waals surface area contributed by atoms with Crippen LogP contribution in [0, 0.1) is 13.8 Å². The summed E-state index contributed by atoms with van der Waals surface area (Å²) < 4.78 is 1.55. The molecule has 5 nitrogen and oxygen atoms in total. The highest BCUT2D eigenvalue weighted by molar-refractivity contribution is 5.90. The molecule has 0 aliphatic rings. The molecule has 0 aliphatic heterocycles. The van der Waals surface area contributed by atoms with Gasteiger partial charge in [-0.3, -0.25) is 0 Å². The molecule has 0 aliphatic carbocycles. The van der Waals surface area contributed by atoms with Crippen LogP contribution in [0.4, 0.5) is 0 Å². The molecule has 1 heterocycles. The van der Waals surface area contributed by atoms with Gasteiger partial charge in [0.15, 0.2) is 0 Å². The summed E-state index contributed by atoms with van der Waals surface area (Å²) in [4.78, 5) is 11.0. The van der Waals surface area contributed by atoms with Crippen molar-refractivity contribution in [2.45, 2.75) is 13.8 Å². The number of aromatic hydroxyl groups is 1. The van der Waals surface area contributed by atoms with E-state index in [-0.39, 0.29) is 11.3 Å². The molecule has 0 amide bonds. The van der Waals surface area contributed by atoms with Gasteiger partial charge in [0.05, 0.1) is 17.1 Å². The molecule has 0 bridgehead atoms. The second-order valence-electron chi connectivity index (χ2n) is 3.78. The summed E-state index contributed by atoms with van der Waals surface area (Å²) in [6, 6.07) is 6.43. The Hall–Kier alpha value is -2.30. The normalized spacial score (nSPS) is 10.5. The molecule has 1 aromatic heterocycles. The average Bonchev–Trinajstić information content (AvgIpc) is 2.55. The third-order valence-electron chi connectivity index (χ3n) is 2.60. The molecule has 2 aromatic rings. The predicted octanol–water partition coefficient (Wildman–Crippen LogP) is 1.89. The topological polar surface area (TPSA) is 75.3 Å². The predicted molar refractivity (Wildman–Crippen MR) is 61.7 cm³/mol. The van der Waals surface area contributed by atoms with E-state index < -0.39 is 5.97 Å². The molecule has 0 atom stereocenters. The number of phenols is 1. The number of aromatic carboxylic acids is 1. The zero-order valence-electron chi connectivity index (χ0n) is 9.51. The van der Waals surface area contributed by atoms with Gasteiger partial charge in [0, 0.05) is 0 Å². The van der Waals surface area contributed by atoms with E-state index in [1.54, 1.807) is 30.7 Å². The SMILES string of the molecule is Cc1nn(-c2ccc(O)cc2)c(C)c1C(=O)O. The second-order valence-corrected chi connectivity index (χ2v) is 3.78. The lowest BCUT2D eigenvalue weighted by Crippen LogP contribution is -2.02. The van der Waals surface area contributed by atoms with E-state index in [0.717, 1.165) is 5.69 Å². The van der Waals surface area contributed by atoms with Crippen LogP contribution in [0.25, 0.3) is 5.69 Å². The summed E-state index contributed by atoms with van der Waals surface area (Å²) in [5.41, 5.74) is 1.98. The lowest BCUT2D eigenvalue weighted by atomic mass is 10.2. The van der Waals surface area contributed by atoms with Gasteiger partial charge in [0.1, 0.15) is 11.3 Å². The molecule has 1 aromatic carbocycles. The minimum atomic E-state index is -0.981. The van der Waals surface area contributed by atoms with Crippen LogP contribution in [0.5, 0.6) is 5.75 Å². The number of aryl methyl sites for hydroxylation is 1. The van der Waals surface area contributed by atoms with E-state index in [4.69, 9.17) is 5.11 Å². The smallest absolute Gasteiger partial charge is 0.339 e. The van der Waals surface area contributed by atoms with Gasteiger partial charge in [-0.1, -0.05) is 0 Å². The largest absolute Gasteiger partial charge is 0.508 e. The van der Waals surface area contributed by atoms with Gasteiger partial charge in [-0.15, -0.1) is 0 Å². The van der Waals surface area contributed by atoms with Crippen LogP contribution in [-0.2, 0) is 0 Å². The van der Waals surface area contributed by atoms with Crippen molar-refractivity contribution < 1.29 is 15.0 Å². The van der Waals surface area contributed by atoms with Crippen LogP contribution < -0.4 is 0 Å². The summed E-state index contributed by atoms with van der Waals surface area (Å²) in [5, 5.41) is 22.4. The van der Waals surface area contributed by atoms with Crippen LogP contribution >= 0.6 is 0 Å². The summed E-state index contributed by atoms with van der Waals surface area (Å²) in [7, 11) is 0. The van der Waals surface area contributed by atoms with Crippen molar-refractivity contribution in [3.63, 3.8) is 0 Å². The molecule has 0 spiro atoms. The van der Waals surface area contributed by atoms with Crippen molar-refractivity contribution in [3.8, 4) is 11.4 Å². The number of phenolic OH excluding ortho intramolecular Hbond substituents is 1. The van der Waals surface area contributed by atoms with E-state index in [2.05, 4.69) is 5.10 Å². The highest BCUT2D eigenvalue weighted by Crippen LogP contribution is 2.19. The maximum atomic E-state index is 11.0. The lowest BCUT2D eigenvalue weighted by Gasteiger charge is -2.04. The lowest BCUT2D eigenvalue weighted by molar-refractivity contribution is 0.0695. The van der Waals surface area contributed by atoms with Crippen molar-refractivity contribution in [2.75, 3.05) is 0 Å². The van der Waals surface area contributed by atoms with Crippen LogP contribution in [-0.4, -0.2) is 26.0 Å². The van der Waals surface area contributed by atoms with E-state index in [0.29, 0.717) is 11.4 Å². The Morgan fingerprint density at radius 1 is 1.24 bits per heavy atom. The van der Waals surface area contributed by atoms with Crippen LogP contribution in [0.3, 0.4) is 0 Å². The molecule has 2 N–H and O–H groups in total. The van der Waals surface area contributed by atoms with Gasteiger partial charge in [-0.25, -0.2) is 9.48 Å². The summed E-state index contributed by atoms with van der Waals surface area (Å²) in [5.74, 6) is -0.821. The maximum Gasteiger partial charge on any atom is 0.339 e.